The largest absolute Gasteiger partial charge is 0.466 e. The van der Waals surface area contributed by atoms with Crippen molar-refractivity contribution in [2.45, 2.75) is 58.0 Å². The Morgan fingerprint density at radius 2 is 2.10 bits per heavy atom. The zero-order valence-electron chi connectivity index (χ0n) is 13.7. The quantitative estimate of drug-likeness (QED) is 0.799. The molecule has 1 N–H and O–H groups in total. The number of carbonyl (C=O) groups excluding carboxylic acids is 1. The van der Waals surface area contributed by atoms with Gasteiger partial charge in [-0.2, -0.15) is 0 Å². The minimum absolute atomic E-state index is 0.0364. The van der Waals surface area contributed by atoms with Gasteiger partial charge >= 0.3 is 0 Å². The van der Waals surface area contributed by atoms with E-state index in [0.717, 1.165) is 0 Å². The van der Waals surface area contributed by atoms with Gasteiger partial charge in [-0.25, -0.2) is 0 Å². The minimum Gasteiger partial charge on any atom is -0.466 e. The first kappa shape index (κ1) is 18.5. The second-order valence-corrected chi connectivity index (χ2v) is 12.5. The molecule has 4 nitrogen and oxygen atoms in total. The fraction of sp³-hybridized carbons (Fsp3) is 0.667. The van der Waals surface area contributed by atoms with Crippen molar-refractivity contribution >= 4 is 25.2 Å². The molecular weight excluding hydrogens is 304 g/mol. The van der Waals surface area contributed by atoms with Crippen LogP contribution < -0.4 is 0 Å². The van der Waals surface area contributed by atoms with Crippen molar-refractivity contribution in [3.8, 4) is 0 Å². The Kier molecular flexibility index (Phi) is 6.28. The lowest BCUT2D eigenvalue weighted by molar-refractivity contribution is -0.123. The molecule has 0 saturated carbocycles. The predicted molar refractivity (Wildman–Crippen MR) is 88.9 cm³/mol. The Balaban J connectivity index is 3.01. The van der Waals surface area contributed by atoms with Crippen LogP contribution in [-0.2, 0) is 9.22 Å². The van der Waals surface area contributed by atoms with Crippen molar-refractivity contribution in [1.29, 1.82) is 0 Å². The summed E-state index contributed by atoms with van der Waals surface area (Å²) in [7, 11) is -2.17. The standard InChI is InChI=1S/C15H26O4SSi/c1-7-20-14(17)13(12(16)11-9-8-10-18-11)19-21(5,6)15(2,3)4/h8-10,12-13,16H,7H2,1-6H3/t12-,13-/m0/s1. The molecule has 0 saturated heterocycles. The lowest BCUT2D eigenvalue weighted by atomic mass is 10.2. The van der Waals surface area contributed by atoms with Gasteiger partial charge in [0.25, 0.3) is 0 Å². The minimum atomic E-state index is -2.17. The van der Waals surface area contributed by atoms with E-state index in [9.17, 15) is 9.90 Å². The summed E-state index contributed by atoms with van der Waals surface area (Å²) in [5, 5.41) is 10.3. The monoisotopic (exact) mass is 330 g/mol. The van der Waals surface area contributed by atoms with E-state index in [2.05, 4.69) is 33.9 Å². The maximum absolute atomic E-state index is 12.3. The van der Waals surface area contributed by atoms with E-state index in [0.29, 0.717) is 11.5 Å². The summed E-state index contributed by atoms with van der Waals surface area (Å²) >= 11 is 1.17. The molecule has 1 rings (SSSR count). The highest BCUT2D eigenvalue weighted by molar-refractivity contribution is 8.13. The van der Waals surface area contributed by atoms with Crippen molar-refractivity contribution < 1.29 is 18.7 Å². The third-order valence-corrected chi connectivity index (χ3v) is 9.13. The smallest absolute Gasteiger partial charge is 0.219 e. The van der Waals surface area contributed by atoms with Gasteiger partial charge in [0.1, 0.15) is 18.0 Å². The topological polar surface area (TPSA) is 59.7 Å². The van der Waals surface area contributed by atoms with Crippen LogP contribution in [0.25, 0.3) is 0 Å². The number of rotatable bonds is 6. The number of thioether (sulfide) groups is 1. The summed E-state index contributed by atoms with van der Waals surface area (Å²) in [6, 6.07) is 3.36. The third-order valence-electron chi connectivity index (χ3n) is 3.87. The van der Waals surface area contributed by atoms with Gasteiger partial charge in [0, 0.05) is 0 Å². The molecule has 0 spiro atoms. The van der Waals surface area contributed by atoms with Crippen LogP contribution in [0.3, 0.4) is 0 Å². The third kappa shape index (κ3) is 4.71. The second-order valence-electron chi connectivity index (χ2n) is 6.51. The first-order valence-electron chi connectivity index (χ1n) is 7.16. The van der Waals surface area contributed by atoms with Crippen LogP contribution in [0, 0.1) is 0 Å². The molecule has 1 aromatic heterocycles. The highest BCUT2D eigenvalue weighted by Crippen LogP contribution is 2.39. The zero-order valence-corrected chi connectivity index (χ0v) is 15.5. The van der Waals surface area contributed by atoms with Crippen molar-refractivity contribution in [2.75, 3.05) is 5.75 Å². The van der Waals surface area contributed by atoms with Gasteiger partial charge in [-0.05, 0) is 36.0 Å². The molecule has 0 aliphatic heterocycles. The summed E-state index contributed by atoms with van der Waals surface area (Å²) in [4.78, 5) is 12.3. The molecule has 21 heavy (non-hydrogen) atoms. The van der Waals surface area contributed by atoms with E-state index in [4.69, 9.17) is 8.84 Å². The van der Waals surface area contributed by atoms with Crippen molar-refractivity contribution in [1.82, 2.24) is 0 Å². The molecule has 0 bridgehead atoms. The molecule has 0 aliphatic rings. The van der Waals surface area contributed by atoms with Gasteiger partial charge in [0.05, 0.1) is 6.26 Å². The van der Waals surface area contributed by atoms with Crippen LogP contribution in [0.4, 0.5) is 0 Å². The molecule has 0 radical (unpaired) electrons. The van der Waals surface area contributed by atoms with E-state index >= 15 is 0 Å². The van der Waals surface area contributed by atoms with Crippen LogP contribution >= 0.6 is 11.8 Å². The highest BCUT2D eigenvalue weighted by Gasteiger charge is 2.43. The van der Waals surface area contributed by atoms with Crippen LogP contribution in [0.2, 0.25) is 18.1 Å². The Hall–Kier alpha value is -0.563. The van der Waals surface area contributed by atoms with Gasteiger partial charge in [0.15, 0.2) is 8.32 Å². The predicted octanol–water partition coefficient (Wildman–Crippen LogP) is 3.98. The fourth-order valence-corrected chi connectivity index (χ4v) is 3.50. The lowest BCUT2D eigenvalue weighted by Crippen LogP contribution is -2.47. The van der Waals surface area contributed by atoms with E-state index < -0.39 is 20.5 Å². The van der Waals surface area contributed by atoms with Crippen LogP contribution in [-0.4, -0.2) is 30.4 Å². The Morgan fingerprint density at radius 1 is 1.48 bits per heavy atom. The van der Waals surface area contributed by atoms with Crippen LogP contribution in [0.5, 0.6) is 0 Å². The highest BCUT2D eigenvalue weighted by atomic mass is 32.2. The van der Waals surface area contributed by atoms with Crippen molar-refractivity contribution in [2.24, 2.45) is 0 Å². The van der Waals surface area contributed by atoms with Gasteiger partial charge < -0.3 is 13.9 Å². The van der Waals surface area contributed by atoms with Gasteiger partial charge in [-0.15, -0.1) is 0 Å². The van der Waals surface area contributed by atoms with Crippen molar-refractivity contribution in [3.05, 3.63) is 24.2 Å². The van der Waals surface area contributed by atoms with Gasteiger partial charge in [-0.1, -0.05) is 39.5 Å². The maximum atomic E-state index is 12.3. The molecule has 0 aliphatic carbocycles. The summed E-state index contributed by atoms with van der Waals surface area (Å²) in [5.41, 5.74) is 0. The Bertz CT molecular complexity index is 451. The summed E-state index contributed by atoms with van der Waals surface area (Å²) in [5.74, 6) is 1.02. The number of aliphatic hydroxyl groups is 1. The normalized spacial score (nSPS) is 15.8. The summed E-state index contributed by atoms with van der Waals surface area (Å²) in [6.07, 6.45) is -0.470. The molecule has 0 unspecified atom stereocenters. The van der Waals surface area contributed by atoms with Crippen LogP contribution in [0.1, 0.15) is 39.6 Å². The lowest BCUT2D eigenvalue weighted by Gasteiger charge is -2.39. The fourth-order valence-electron chi connectivity index (χ4n) is 1.57. The molecule has 120 valence electrons. The molecule has 1 aromatic rings. The molecule has 1 heterocycles. The number of aliphatic hydroxyl groups excluding tert-OH is 1. The second kappa shape index (κ2) is 7.13. The van der Waals surface area contributed by atoms with E-state index in [-0.39, 0.29) is 10.2 Å². The van der Waals surface area contributed by atoms with Crippen LogP contribution in [0.15, 0.2) is 22.8 Å². The molecule has 6 heteroatoms. The number of hydrogen-bond donors (Lipinski definition) is 1. The molecule has 2 atom stereocenters. The first-order chi connectivity index (χ1) is 9.60. The van der Waals surface area contributed by atoms with E-state index in [1.807, 2.05) is 6.92 Å². The maximum Gasteiger partial charge on any atom is 0.219 e. The molecule has 0 amide bonds. The Labute approximate surface area is 132 Å². The number of hydrogen-bond acceptors (Lipinski definition) is 5. The first-order valence-corrected chi connectivity index (χ1v) is 11.1. The van der Waals surface area contributed by atoms with E-state index in [1.165, 1.54) is 18.0 Å². The molecule has 0 aromatic carbocycles. The molecule has 0 fully saturated rings. The van der Waals surface area contributed by atoms with Gasteiger partial charge in [0.2, 0.25) is 5.12 Å². The number of carbonyl (C=O) groups is 1. The van der Waals surface area contributed by atoms with E-state index in [1.54, 1.807) is 12.1 Å². The SMILES string of the molecule is CCSC(=O)[C@@H](O[Si](C)(C)C(C)(C)C)[C@@H](O)c1ccco1. The van der Waals surface area contributed by atoms with Crippen molar-refractivity contribution in [3.63, 3.8) is 0 Å². The van der Waals surface area contributed by atoms with Gasteiger partial charge in [-0.3, -0.25) is 4.79 Å². The summed E-state index contributed by atoms with van der Waals surface area (Å²) in [6.45, 7) is 12.4. The molecular formula is C15H26O4SSi. The zero-order chi connectivity index (χ0) is 16.3. The summed E-state index contributed by atoms with van der Waals surface area (Å²) < 4.78 is 11.4. The average Bonchev–Trinajstić information content (AvgIpc) is 2.87. The Morgan fingerprint density at radius 3 is 2.52 bits per heavy atom. The number of furan rings is 1. The average molecular weight is 331 g/mol.